The average molecular weight is 295 g/mol. The summed E-state index contributed by atoms with van der Waals surface area (Å²) in [6.45, 7) is 2.81. The summed E-state index contributed by atoms with van der Waals surface area (Å²) in [5.41, 5.74) is 3.30. The van der Waals surface area contributed by atoms with Crippen molar-refractivity contribution in [3.8, 4) is 0 Å². The van der Waals surface area contributed by atoms with E-state index in [-0.39, 0.29) is 37.5 Å². The first-order chi connectivity index (χ1) is 6.58. The number of hydrogen-bond acceptors (Lipinski definition) is 2. The zero-order valence-corrected chi connectivity index (χ0v) is 10.8. The Morgan fingerprint density at radius 3 is 1.53 bits per heavy atom. The summed E-state index contributed by atoms with van der Waals surface area (Å²) < 4.78 is 0. The van der Waals surface area contributed by atoms with E-state index in [9.17, 15) is 9.59 Å². The van der Waals surface area contributed by atoms with Crippen molar-refractivity contribution in [3.05, 3.63) is 23.3 Å². The van der Waals surface area contributed by atoms with Crippen molar-refractivity contribution < 1.29 is 29.1 Å². The molecule has 2 nitrogen and oxygen atoms in total. The Hall–Kier alpha value is -0.557. The van der Waals surface area contributed by atoms with Gasteiger partial charge in [0.25, 0.3) is 0 Å². The molecule has 0 aliphatic heterocycles. The molecule has 3 heteroatoms. The molecule has 0 aromatic heterocycles. The maximum atomic E-state index is 10.0. The van der Waals surface area contributed by atoms with Gasteiger partial charge >= 0.3 is 0 Å². The molecule has 0 aromatic carbocycles. The van der Waals surface area contributed by atoms with Crippen LogP contribution in [0.5, 0.6) is 0 Å². The summed E-state index contributed by atoms with van der Waals surface area (Å²) in [6, 6.07) is 0. The number of fused-ring (bicyclic) bond motifs is 2. The maximum absolute atomic E-state index is 10.0. The van der Waals surface area contributed by atoms with Gasteiger partial charge in [-0.3, -0.25) is 9.59 Å². The van der Waals surface area contributed by atoms with Crippen molar-refractivity contribution in [2.45, 2.75) is 39.5 Å². The number of hydrogen-bond donors (Lipinski definition) is 0. The van der Waals surface area contributed by atoms with Gasteiger partial charge < -0.3 is 0 Å². The summed E-state index contributed by atoms with van der Waals surface area (Å²) in [6.07, 6.45) is 8.62. The first-order valence-electron chi connectivity index (χ1n) is 4.94. The minimum atomic E-state index is -0.0625. The Morgan fingerprint density at radius 1 is 1.07 bits per heavy atom. The quantitative estimate of drug-likeness (QED) is 0.579. The fourth-order valence-electron chi connectivity index (χ4n) is 1.66. The van der Waals surface area contributed by atoms with Gasteiger partial charge in [-0.2, -0.15) is 0 Å². The molecule has 15 heavy (non-hydrogen) atoms. The predicted octanol–water partition coefficient (Wildman–Crippen LogP) is 2.59. The monoisotopic (exact) mass is 295 g/mol. The van der Waals surface area contributed by atoms with E-state index in [1.54, 1.807) is 11.1 Å². The third-order valence-electron chi connectivity index (χ3n) is 2.27. The van der Waals surface area contributed by atoms with Crippen LogP contribution in [0.15, 0.2) is 23.3 Å². The third kappa shape index (κ3) is 5.79. The first kappa shape index (κ1) is 14.4. The van der Waals surface area contributed by atoms with Crippen molar-refractivity contribution in [1.29, 1.82) is 0 Å². The molecular formula is C12H16O2Rh. The number of Topliss-reactive ketones (excluding diaryl/α,β-unsaturated/α-hetero) is 2. The summed E-state index contributed by atoms with van der Waals surface area (Å²) in [5, 5.41) is 0. The van der Waals surface area contributed by atoms with Crippen LogP contribution in [0.1, 0.15) is 39.5 Å². The van der Waals surface area contributed by atoms with Crippen LogP contribution in [0.3, 0.4) is 0 Å². The molecule has 2 bridgehead atoms. The third-order valence-corrected chi connectivity index (χ3v) is 2.27. The second kappa shape index (κ2) is 6.84. The molecule has 85 valence electrons. The molecule has 0 saturated heterocycles. The van der Waals surface area contributed by atoms with Crippen LogP contribution in [-0.2, 0) is 29.1 Å². The minimum Gasteiger partial charge on any atom is -0.300 e. The number of ketones is 2. The molecule has 0 unspecified atom stereocenters. The molecule has 0 aromatic rings. The zero-order valence-electron chi connectivity index (χ0n) is 9.13. The fourth-order valence-corrected chi connectivity index (χ4v) is 1.66. The zero-order chi connectivity index (χ0) is 10.6. The van der Waals surface area contributed by atoms with Crippen molar-refractivity contribution >= 4 is 11.6 Å². The molecule has 1 radical (unpaired) electrons. The summed E-state index contributed by atoms with van der Waals surface area (Å²) in [5.74, 6) is -0.125. The van der Waals surface area contributed by atoms with Gasteiger partial charge in [0.2, 0.25) is 0 Å². The molecule has 0 spiro atoms. The normalized spacial score (nSPS) is 15.6. The van der Waals surface area contributed by atoms with Crippen LogP contribution in [0.25, 0.3) is 0 Å². The smallest absolute Gasteiger partial charge is 0.137 e. The number of allylic oxidation sites excluding steroid dienone is 4. The summed E-state index contributed by atoms with van der Waals surface area (Å²) in [7, 11) is 0. The Kier molecular flexibility index (Phi) is 6.59. The summed E-state index contributed by atoms with van der Waals surface area (Å²) in [4.78, 5) is 20.1. The topological polar surface area (TPSA) is 34.1 Å². The Morgan fingerprint density at radius 2 is 1.47 bits per heavy atom. The van der Waals surface area contributed by atoms with Crippen molar-refractivity contribution in [3.63, 3.8) is 0 Å². The minimum absolute atomic E-state index is 0. The van der Waals surface area contributed by atoms with Crippen molar-refractivity contribution in [2.24, 2.45) is 0 Å². The van der Waals surface area contributed by atoms with Crippen LogP contribution in [0.4, 0.5) is 0 Å². The van der Waals surface area contributed by atoms with E-state index in [2.05, 4.69) is 12.2 Å². The molecule has 0 heterocycles. The van der Waals surface area contributed by atoms with E-state index in [0.29, 0.717) is 0 Å². The largest absolute Gasteiger partial charge is 0.300 e. The van der Waals surface area contributed by atoms with Gasteiger partial charge in [0.05, 0.1) is 6.42 Å². The molecule has 1 saturated carbocycles. The molecule has 2 aliphatic rings. The predicted molar refractivity (Wildman–Crippen MR) is 56.0 cm³/mol. The first-order valence-corrected chi connectivity index (χ1v) is 4.94. The van der Waals surface area contributed by atoms with Gasteiger partial charge in [0.15, 0.2) is 0 Å². The molecular weight excluding hydrogens is 279 g/mol. The van der Waals surface area contributed by atoms with E-state index in [1.807, 2.05) is 0 Å². The van der Waals surface area contributed by atoms with Crippen LogP contribution < -0.4 is 0 Å². The Balaban J connectivity index is 0.000000245. The fraction of sp³-hybridized carbons (Fsp3) is 0.500. The molecule has 0 N–H and O–H groups in total. The number of carbonyl (C=O) groups excluding carboxylic acids is 2. The molecule has 0 amide bonds. The second-order valence-corrected chi connectivity index (χ2v) is 3.91. The SMILES string of the molecule is C1=C2CCC(=C1)C2.CC(=O)CC(C)=O.[Rh]. The van der Waals surface area contributed by atoms with Crippen LogP contribution >= 0.6 is 0 Å². The van der Waals surface area contributed by atoms with Crippen molar-refractivity contribution in [1.82, 2.24) is 0 Å². The van der Waals surface area contributed by atoms with Gasteiger partial charge in [-0.15, -0.1) is 0 Å². The van der Waals surface area contributed by atoms with E-state index < -0.39 is 0 Å². The van der Waals surface area contributed by atoms with Gasteiger partial charge in [-0.25, -0.2) is 0 Å². The summed E-state index contributed by atoms with van der Waals surface area (Å²) >= 11 is 0. The van der Waals surface area contributed by atoms with E-state index >= 15 is 0 Å². The number of rotatable bonds is 2. The van der Waals surface area contributed by atoms with Gasteiger partial charge in [-0.05, 0) is 33.1 Å². The second-order valence-electron chi connectivity index (χ2n) is 3.91. The Bertz CT molecular complexity index is 284. The molecule has 2 rings (SSSR count). The van der Waals surface area contributed by atoms with Gasteiger partial charge in [0, 0.05) is 19.5 Å². The van der Waals surface area contributed by atoms with E-state index in [1.165, 1.54) is 33.1 Å². The Labute approximate surface area is 104 Å². The molecule has 0 atom stereocenters. The molecule has 2 aliphatic carbocycles. The maximum Gasteiger partial charge on any atom is 0.137 e. The average Bonchev–Trinajstić information content (AvgIpc) is 2.63. The van der Waals surface area contributed by atoms with Gasteiger partial charge in [0.1, 0.15) is 11.6 Å². The van der Waals surface area contributed by atoms with Crippen LogP contribution in [0.2, 0.25) is 0 Å². The van der Waals surface area contributed by atoms with E-state index in [4.69, 9.17) is 0 Å². The number of carbonyl (C=O) groups is 2. The van der Waals surface area contributed by atoms with Gasteiger partial charge in [-0.1, -0.05) is 23.3 Å². The van der Waals surface area contributed by atoms with E-state index in [0.717, 1.165) is 0 Å². The van der Waals surface area contributed by atoms with Crippen LogP contribution in [0, 0.1) is 0 Å². The standard InChI is InChI=1S/C7H8.C5H8O2.Rh/c1-2-7-4-3-6(1)5-7;1-4(6)3-5(2)7;/h1-2H,3-5H2;3H2,1-2H3;. The van der Waals surface area contributed by atoms with Crippen LogP contribution in [-0.4, -0.2) is 11.6 Å². The molecule has 1 fully saturated rings. The van der Waals surface area contributed by atoms with Crippen molar-refractivity contribution in [2.75, 3.05) is 0 Å².